The van der Waals surface area contributed by atoms with Gasteiger partial charge in [0.05, 0.1) is 11.7 Å². The number of carboxylic acid groups (broad SMARTS) is 1. The molecule has 2 aromatic rings. The standard InChI is InChI=1S/C10H7NO3.ClH/c12-10(13)14-8-5-7-3-1-2-4-9(7)11-6-8;/h1-6H,(H,12,13);1H. The van der Waals surface area contributed by atoms with E-state index in [0.717, 1.165) is 10.9 Å². The molecule has 1 aromatic carbocycles. The van der Waals surface area contributed by atoms with E-state index in [2.05, 4.69) is 9.72 Å². The fourth-order valence-electron chi connectivity index (χ4n) is 1.21. The second kappa shape index (κ2) is 4.61. The van der Waals surface area contributed by atoms with Crippen molar-refractivity contribution in [2.75, 3.05) is 0 Å². The molecular weight excluding hydrogens is 218 g/mol. The summed E-state index contributed by atoms with van der Waals surface area (Å²) in [5, 5.41) is 9.24. The normalized spacial score (nSPS) is 9.33. The number of benzene rings is 1. The third-order valence-corrected chi connectivity index (χ3v) is 1.77. The van der Waals surface area contributed by atoms with Crippen LogP contribution in [0.4, 0.5) is 4.79 Å². The lowest BCUT2D eigenvalue weighted by Crippen LogP contribution is -2.02. The number of hydrogen-bond acceptors (Lipinski definition) is 3. The summed E-state index contributed by atoms with van der Waals surface area (Å²) < 4.78 is 4.48. The number of ether oxygens (including phenoxy) is 1. The number of rotatable bonds is 1. The smallest absolute Gasteiger partial charge is 0.449 e. The highest BCUT2D eigenvalue weighted by Gasteiger charge is 2.01. The molecule has 1 heterocycles. The molecule has 5 heteroatoms. The van der Waals surface area contributed by atoms with Crippen LogP contribution in [0.1, 0.15) is 0 Å². The molecule has 15 heavy (non-hydrogen) atoms. The molecule has 0 radical (unpaired) electrons. The number of halogens is 1. The highest BCUT2D eigenvalue weighted by Crippen LogP contribution is 2.17. The zero-order valence-electron chi connectivity index (χ0n) is 7.58. The molecule has 0 fully saturated rings. The average Bonchev–Trinajstić information content (AvgIpc) is 2.17. The van der Waals surface area contributed by atoms with Crippen molar-refractivity contribution in [3.05, 3.63) is 36.5 Å². The molecule has 0 saturated heterocycles. The largest absolute Gasteiger partial charge is 0.511 e. The highest BCUT2D eigenvalue weighted by atomic mass is 35.5. The number of fused-ring (bicyclic) bond motifs is 1. The van der Waals surface area contributed by atoms with Crippen LogP contribution >= 0.6 is 12.4 Å². The molecule has 0 spiro atoms. The lowest BCUT2D eigenvalue weighted by atomic mass is 10.2. The summed E-state index contributed by atoms with van der Waals surface area (Å²) in [6.45, 7) is 0. The first-order valence-corrected chi connectivity index (χ1v) is 4.01. The van der Waals surface area contributed by atoms with Gasteiger partial charge in [-0.15, -0.1) is 12.4 Å². The minimum Gasteiger partial charge on any atom is -0.449 e. The topological polar surface area (TPSA) is 59.4 Å². The van der Waals surface area contributed by atoms with Crippen molar-refractivity contribution < 1.29 is 14.6 Å². The number of carbonyl (C=O) groups is 1. The Bertz CT molecular complexity index is 487. The fourth-order valence-corrected chi connectivity index (χ4v) is 1.21. The summed E-state index contributed by atoms with van der Waals surface area (Å²) in [5.41, 5.74) is 0.810. The fraction of sp³-hybridized carbons (Fsp3) is 0. The maximum Gasteiger partial charge on any atom is 0.511 e. The van der Waals surface area contributed by atoms with Crippen molar-refractivity contribution in [3.8, 4) is 5.75 Å². The van der Waals surface area contributed by atoms with E-state index in [4.69, 9.17) is 5.11 Å². The second-order valence-electron chi connectivity index (χ2n) is 2.73. The van der Waals surface area contributed by atoms with Crippen LogP contribution in [-0.4, -0.2) is 16.2 Å². The van der Waals surface area contributed by atoms with Gasteiger partial charge >= 0.3 is 6.16 Å². The Morgan fingerprint density at radius 1 is 1.33 bits per heavy atom. The molecule has 0 aliphatic rings. The Balaban J connectivity index is 0.00000112. The molecule has 0 atom stereocenters. The molecular formula is C10H8ClNO3. The van der Waals surface area contributed by atoms with E-state index in [1.807, 2.05) is 24.3 Å². The van der Waals surface area contributed by atoms with E-state index < -0.39 is 6.16 Å². The SMILES string of the molecule is Cl.O=C(O)Oc1cnc2ccccc2c1. The zero-order valence-corrected chi connectivity index (χ0v) is 8.40. The van der Waals surface area contributed by atoms with Gasteiger partial charge in [0.2, 0.25) is 0 Å². The summed E-state index contributed by atoms with van der Waals surface area (Å²) >= 11 is 0. The third kappa shape index (κ3) is 2.57. The first-order chi connectivity index (χ1) is 6.75. The van der Waals surface area contributed by atoms with Gasteiger partial charge in [-0.2, -0.15) is 0 Å². The predicted octanol–water partition coefficient (Wildman–Crippen LogP) is 2.71. The third-order valence-electron chi connectivity index (χ3n) is 1.77. The van der Waals surface area contributed by atoms with Crippen LogP contribution in [0.15, 0.2) is 36.5 Å². The highest BCUT2D eigenvalue weighted by molar-refractivity contribution is 5.85. The first kappa shape index (κ1) is 11.3. The van der Waals surface area contributed by atoms with Crippen LogP contribution in [0.25, 0.3) is 10.9 Å². The maximum atomic E-state index is 10.3. The van der Waals surface area contributed by atoms with Crippen LogP contribution in [0.5, 0.6) is 5.75 Å². The number of hydrogen-bond donors (Lipinski definition) is 1. The van der Waals surface area contributed by atoms with Crippen molar-refractivity contribution in [1.29, 1.82) is 0 Å². The number of para-hydroxylation sites is 1. The van der Waals surface area contributed by atoms with E-state index in [0.29, 0.717) is 0 Å². The Labute approximate surface area is 91.9 Å². The van der Waals surface area contributed by atoms with Crippen LogP contribution in [0.3, 0.4) is 0 Å². The maximum absolute atomic E-state index is 10.3. The first-order valence-electron chi connectivity index (χ1n) is 4.01. The zero-order chi connectivity index (χ0) is 9.97. The van der Waals surface area contributed by atoms with Gasteiger partial charge in [0.1, 0.15) is 0 Å². The van der Waals surface area contributed by atoms with Crippen LogP contribution in [0, 0.1) is 0 Å². The minimum absolute atomic E-state index is 0. The number of aromatic nitrogens is 1. The Hall–Kier alpha value is -1.81. The van der Waals surface area contributed by atoms with Crippen molar-refractivity contribution in [3.63, 3.8) is 0 Å². The molecule has 2 rings (SSSR count). The molecule has 0 aliphatic carbocycles. The monoisotopic (exact) mass is 225 g/mol. The molecule has 1 N–H and O–H groups in total. The Morgan fingerprint density at radius 2 is 2.07 bits per heavy atom. The molecule has 0 amide bonds. The van der Waals surface area contributed by atoms with Gasteiger partial charge in [0.25, 0.3) is 0 Å². The molecule has 0 aliphatic heterocycles. The van der Waals surface area contributed by atoms with Gasteiger partial charge in [-0.05, 0) is 12.1 Å². The number of nitrogens with zero attached hydrogens (tertiary/aromatic N) is 1. The summed E-state index contributed by atoms with van der Waals surface area (Å²) in [7, 11) is 0. The second-order valence-corrected chi connectivity index (χ2v) is 2.73. The van der Waals surface area contributed by atoms with Crippen LogP contribution < -0.4 is 4.74 Å². The van der Waals surface area contributed by atoms with Gasteiger partial charge in [0.15, 0.2) is 5.75 Å². The van der Waals surface area contributed by atoms with Gasteiger partial charge in [-0.3, -0.25) is 4.98 Å². The summed E-state index contributed by atoms with van der Waals surface area (Å²) in [5.74, 6) is 0.233. The summed E-state index contributed by atoms with van der Waals surface area (Å²) in [6.07, 6.45) is 0.0540. The van der Waals surface area contributed by atoms with E-state index >= 15 is 0 Å². The van der Waals surface area contributed by atoms with E-state index in [9.17, 15) is 4.79 Å². The van der Waals surface area contributed by atoms with Crippen LogP contribution in [0.2, 0.25) is 0 Å². The van der Waals surface area contributed by atoms with Gasteiger partial charge in [-0.1, -0.05) is 18.2 Å². The quantitative estimate of drug-likeness (QED) is 0.758. The minimum atomic E-state index is -1.33. The molecule has 78 valence electrons. The van der Waals surface area contributed by atoms with Gasteiger partial charge < -0.3 is 9.84 Å². The Morgan fingerprint density at radius 3 is 2.80 bits per heavy atom. The molecule has 0 saturated carbocycles. The summed E-state index contributed by atoms with van der Waals surface area (Å²) in [6, 6.07) is 9.05. The van der Waals surface area contributed by atoms with Crippen molar-refractivity contribution in [1.82, 2.24) is 4.98 Å². The lowest BCUT2D eigenvalue weighted by molar-refractivity contribution is 0.144. The van der Waals surface area contributed by atoms with E-state index in [1.54, 1.807) is 6.07 Å². The predicted molar refractivity (Wildman–Crippen MR) is 57.6 cm³/mol. The van der Waals surface area contributed by atoms with Crippen LogP contribution in [-0.2, 0) is 0 Å². The Kier molecular flexibility index (Phi) is 3.46. The van der Waals surface area contributed by atoms with E-state index in [1.165, 1.54) is 6.20 Å². The lowest BCUT2D eigenvalue weighted by Gasteiger charge is -2.00. The van der Waals surface area contributed by atoms with Crippen molar-refractivity contribution >= 4 is 29.5 Å². The number of pyridine rings is 1. The van der Waals surface area contributed by atoms with Crippen molar-refractivity contribution in [2.24, 2.45) is 0 Å². The van der Waals surface area contributed by atoms with Gasteiger partial charge in [0, 0.05) is 5.39 Å². The molecule has 1 aromatic heterocycles. The van der Waals surface area contributed by atoms with Gasteiger partial charge in [-0.25, -0.2) is 4.79 Å². The molecule has 0 bridgehead atoms. The summed E-state index contributed by atoms with van der Waals surface area (Å²) in [4.78, 5) is 14.3. The van der Waals surface area contributed by atoms with Crippen molar-refractivity contribution in [2.45, 2.75) is 0 Å². The molecule has 0 unspecified atom stereocenters. The molecule has 4 nitrogen and oxygen atoms in total. The van der Waals surface area contributed by atoms with E-state index in [-0.39, 0.29) is 18.2 Å². The average molecular weight is 226 g/mol.